The fourth-order valence-electron chi connectivity index (χ4n) is 3.08. The van der Waals surface area contributed by atoms with Crippen LogP contribution in [0.25, 0.3) is 0 Å². The van der Waals surface area contributed by atoms with Gasteiger partial charge in [0.2, 0.25) is 5.91 Å². The summed E-state index contributed by atoms with van der Waals surface area (Å²) >= 11 is 0. The van der Waals surface area contributed by atoms with Crippen LogP contribution in [-0.2, 0) is 4.79 Å². The predicted octanol–water partition coefficient (Wildman–Crippen LogP) is 3.94. The van der Waals surface area contributed by atoms with Crippen LogP contribution in [0.15, 0.2) is 42.6 Å². The van der Waals surface area contributed by atoms with Gasteiger partial charge in [0.1, 0.15) is 11.7 Å². The van der Waals surface area contributed by atoms with Gasteiger partial charge in [0.25, 0.3) is 6.43 Å². The lowest BCUT2D eigenvalue weighted by Gasteiger charge is -2.26. The molecule has 1 aromatic heterocycles. The first-order valence-corrected chi connectivity index (χ1v) is 7.93. The maximum atomic E-state index is 12.8. The number of benzene rings is 1. The largest absolute Gasteiger partial charge is 0.360 e. The van der Waals surface area contributed by atoms with Gasteiger partial charge in [0.05, 0.1) is 11.9 Å². The molecule has 3 rings (SSSR count). The number of anilines is 2. The molecule has 4 nitrogen and oxygen atoms in total. The van der Waals surface area contributed by atoms with Crippen molar-refractivity contribution in [1.29, 1.82) is 0 Å². The lowest BCUT2D eigenvalue weighted by Crippen LogP contribution is -2.39. The minimum atomic E-state index is -2.61. The summed E-state index contributed by atoms with van der Waals surface area (Å²) in [5.74, 6) is -0.137. The summed E-state index contributed by atoms with van der Waals surface area (Å²) in [7, 11) is 0. The molecule has 0 aliphatic carbocycles. The monoisotopic (exact) mass is 331 g/mol. The van der Waals surface area contributed by atoms with E-state index >= 15 is 0 Å². The number of pyridine rings is 1. The van der Waals surface area contributed by atoms with Gasteiger partial charge in [-0.15, -0.1) is 0 Å². The molecule has 1 N–H and O–H groups in total. The third-order valence-electron chi connectivity index (χ3n) is 4.24. The van der Waals surface area contributed by atoms with E-state index in [4.69, 9.17) is 0 Å². The highest BCUT2D eigenvalue weighted by Gasteiger charge is 2.31. The van der Waals surface area contributed by atoms with Gasteiger partial charge in [0, 0.05) is 12.2 Å². The molecule has 1 atom stereocenters. The van der Waals surface area contributed by atoms with Crippen molar-refractivity contribution in [2.24, 2.45) is 0 Å². The molecule has 2 heterocycles. The van der Waals surface area contributed by atoms with Crippen molar-refractivity contribution < 1.29 is 13.6 Å². The standard InChI is InChI=1S/C18H19F2N3O/c1-12-10-13(11-21-16(12)17(19)20)22-18(24)15-8-5-9-23(15)14-6-3-2-4-7-14/h2-4,6-7,10-11,15,17H,5,8-9H2,1H3,(H,22,24). The van der Waals surface area contributed by atoms with Gasteiger partial charge in [-0.25, -0.2) is 8.78 Å². The summed E-state index contributed by atoms with van der Waals surface area (Å²) in [6.07, 6.45) is 0.378. The number of amides is 1. The third kappa shape index (κ3) is 3.37. The van der Waals surface area contributed by atoms with Crippen molar-refractivity contribution in [1.82, 2.24) is 4.98 Å². The van der Waals surface area contributed by atoms with Crippen LogP contribution in [0.2, 0.25) is 0 Å². The molecule has 0 radical (unpaired) electrons. The molecular formula is C18H19F2N3O. The number of aromatic nitrogens is 1. The van der Waals surface area contributed by atoms with Crippen LogP contribution in [0, 0.1) is 6.92 Å². The Morgan fingerprint density at radius 3 is 2.75 bits per heavy atom. The van der Waals surface area contributed by atoms with Crippen molar-refractivity contribution in [3.63, 3.8) is 0 Å². The molecule has 126 valence electrons. The molecule has 0 spiro atoms. The second-order valence-electron chi connectivity index (χ2n) is 5.90. The number of hydrogen-bond acceptors (Lipinski definition) is 3. The summed E-state index contributed by atoms with van der Waals surface area (Å²) in [5, 5.41) is 2.80. The highest BCUT2D eigenvalue weighted by molar-refractivity contribution is 5.97. The van der Waals surface area contributed by atoms with Crippen molar-refractivity contribution in [3.8, 4) is 0 Å². The average molecular weight is 331 g/mol. The van der Waals surface area contributed by atoms with Gasteiger partial charge in [0.15, 0.2) is 0 Å². The first-order chi connectivity index (χ1) is 11.6. The highest BCUT2D eigenvalue weighted by Crippen LogP contribution is 2.27. The van der Waals surface area contributed by atoms with Crippen molar-refractivity contribution in [2.45, 2.75) is 32.2 Å². The molecule has 0 bridgehead atoms. The first kappa shape index (κ1) is 16.4. The van der Waals surface area contributed by atoms with Crippen molar-refractivity contribution in [3.05, 3.63) is 53.9 Å². The topological polar surface area (TPSA) is 45.2 Å². The van der Waals surface area contributed by atoms with Crippen molar-refractivity contribution >= 4 is 17.3 Å². The zero-order valence-corrected chi connectivity index (χ0v) is 13.4. The minimum absolute atomic E-state index is 0.137. The van der Waals surface area contributed by atoms with E-state index < -0.39 is 6.43 Å². The quantitative estimate of drug-likeness (QED) is 0.923. The van der Waals surface area contributed by atoms with E-state index in [0.29, 0.717) is 11.3 Å². The summed E-state index contributed by atoms with van der Waals surface area (Å²) in [5.41, 5.74) is 1.58. The molecule has 1 amide bonds. The predicted molar refractivity (Wildman–Crippen MR) is 89.4 cm³/mol. The van der Waals surface area contributed by atoms with Crippen LogP contribution in [0.1, 0.15) is 30.5 Å². The summed E-state index contributed by atoms with van der Waals surface area (Å²) in [6, 6.07) is 11.1. The lowest BCUT2D eigenvalue weighted by atomic mass is 10.1. The molecule has 1 aromatic carbocycles. The molecule has 1 aliphatic heterocycles. The van der Waals surface area contributed by atoms with E-state index in [9.17, 15) is 13.6 Å². The second-order valence-corrected chi connectivity index (χ2v) is 5.90. The number of carbonyl (C=O) groups is 1. The zero-order valence-electron chi connectivity index (χ0n) is 13.4. The Morgan fingerprint density at radius 1 is 1.33 bits per heavy atom. The number of carbonyl (C=O) groups excluding carboxylic acids is 1. The number of halogens is 2. The molecule has 24 heavy (non-hydrogen) atoms. The fraction of sp³-hybridized carbons (Fsp3) is 0.333. The van der Waals surface area contributed by atoms with Crippen LogP contribution >= 0.6 is 0 Å². The molecule has 0 saturated carbocycles. The summed E-state index contributed by atoms with van der Waals surface area (Å²) in [4.78, 5) is 18.4. The van der Waals surface area contributed by atoms with Crippen LogP contribution in [0.5, 0.6) is 0 Å². The Kier molecular flexibility index (Phi) is 4.74. The Labute approximate surface area is 139 Å². The summed E-state index contributed by atoms with van der Waals surface area (Å²) in [6.45, 7) is 2.39. The number of rotatable bonds is 4. The number of para-hydroxylation sites is 1. The van der Waals surface area contributed by atoms with Crippen LogP contribution in [0.3, 0.4) is 0 Å². The maximum absolute atomic E-state index is 12.8. The van der Waals surface area contributed by atoms with Gasteiger partial charge >= 0.3 is 0 Å². The Bertz CT molecular complexity index is 721. The van der Waals surface area contributed by atoms with Gasteiger partial charge < -0.3 is 10.2 Å². The first-order valence-electron chi connectivity index (χ1n) is 7.93. The Morgan fingerprint density at radius 2 is 2.08 bits per heavy atom. The zero-order chi connectivity index (χ0) is 17.1. The van der Waals surface area contributed by atoms with E-state index in [2.05, 4.69) is 15.2 Å². The average Bonchev–Trinajstić information content (AvgIpc) is 3.05. The van der Waals surface area contributed by atoms with Crippen LogP contribution < -0.4 is 10.2 Å². The number of nitrogens with zero attached hydrogens (tertiary/aromatic N) is 2. The number of alkyl halides is 2. The fourth-order valence-corrected chi connectivity index (χ4v) is 3.08. The SMILES string of the molecule is Cc1cc(NC(=O)C2CCCN2c2ccccc2)cnc1C(F)F. The Balaban J connectivity index is 1.74. The molecule has 1 unspecified atom stereocenters. The van der Waals surface area contributed by atoms with Gasteiger partial charge in [-0.1, -0.05) is 18.2 Å². The summed E-state index contributed by atoms with van der Waals surface area (Å²) < 4.78 is 25.5. The highest BCUT2D eigenvalue weighted by atomic mass is 19.3. The van der Waals surface area contributed by atoms with E-state index in [-0.39, 0.29) is 17.6 Å². The number of nitrogens with one attached hydrogen (secondary N) is 1. The molecule has 1 fully saturated rings. The Hall–Kier alpha value is -2.50. The van der Waals surface area contributed by atoms with E-state index in [0.717, 1.165) is 25.1 Å². The molecule has 6 heteroatoms. The minimum Gasteiger partial charge on any atom is -0.360 e. The van der Waals surface area contributed by atoms with Crippen LogP contribution in [0.4, 0.5) is 20.2 Å². The van der Waals surface area contributed by atoms with Gasteiger partial charge in [-0.3, -0.25) is 9.78 Å². The van der Waals surface area contributed by atoms with Crippen LogP contribution in [-0.4, -0.2) is 23.5 Å². The second kappa shape index (κ2) is 6.95. The van der Waals surface area contributed by atoms with Gasteiger partial charge in [-0.05, 0) is 43.5 Å². The molecule has 1 saturated heterocycles. The van der Waals surface area contributed by atoms with E-state index in [1.807, 2.05) is 30.3 Å². The normalized spacial score (nSPS) is 17.3. The third-order valence-corrected chi connectivity index (χ3v) is 4.24. The van der Waals surface area contributed by atoms with Crippen molar-refractivity contribution in [2.75, 3.05) is 16.8 Å². The maximum Gasteiger partial charge on any atom is 0.280 e. The number of aryl methyl sites for hydroxylation is 1. The number of hydrogen-bond donors (Lipinski definition) is 1. The molecule has 1 aliphatic rings. The molecular weight excluding hydrogens is 312 g/mol. The lowest BCUT2D eigenvalue weighted by molar-refractivity contribution is -0.117. The van der Waals surface area contributed by atoms with E-state index in [1.54, 1.807) is 6.92 Å². The smallest absolute Gasteiger partial charge is 0.280 e. The molecule has 2 aromatic rings. The van der Waals surface area contributed by atoms with E-state index in [1.165, 1.54) is 12.3 Å². The van der Waals surface area contributed by atoms with Gasteiger partial charge in [-0.2, -0.15) is 0 Å².